The first-order chi connectivity index (χ1) is 8.43. The number of aromatic amines is 1. The smallest absolute Gasteiger partial charge is 0.120 e. The SMILES string of the molecule is c1cn(C2CCCC2NCc2ncc[nH]2)cn1. The van der Waals surface area contributed by atoms with Crippen LogP contribution < -0.4 is 5.32 Å². The average molecular weight is 231 g/mol. The van der Waals surface area contributed by atoms with E-state index in [0.717, 1.165) is 12.4 Å². The van der Waals surface area contributed by atoms with Crippen LogP contribution in [0.15, 0.2) is 31.1 Å². The van der Waals surface area contributed by atoms with Crippen molar-refractivity contribution in [1.29, 1.82) is 0 Å². The van der Waals surface area contributed by atoms with Crippen LogP contribution in [0.4, 0.5) is 0 Å². The first kappa shape index (κ1) is 10.5. The molecule has 0 bridgehead atoms. The van der Waals surface area contributed by atoms with E-state index in [1.807, 2.05) is 18.7 Å². The summed E-state index contributed by atoms with van der Waals surface area (Å²) in [6, 6.07) is 1.06. The zero-order valence-electron chi connectivity index (χ0n) is 9.71. The van der Waals surface area contributed by atoms with Crippen molar-refractivity contribution < 1.29 is 0 Å². The number of nitrogens with zero attached hydrogens (tertiary/aromatic N) is 3. The number of rotatable bonds is 4. The highest BCUT2D eigenvalue weighted by Crippen LogP contribution is 2.29. The number of imidazole rings is 2. The Morgan fingerprint density at radius 2 is 2.41 bits per heavy atom. The predicted octanol–water partition coefficient (Wildman–Crippen LogP) is 1.49. The summed E-state index contributed by atoms with van der Waals surface area (Å²) >= 11 is 0. The van der Waals surface area contributed by atoms with Crippen LogP contribution in [0.2, 0.25) is 0 Å². The Morgan fingerprint density at radius 1 is 1.41 bits per heavy atom. The normalized spacial score (nSPS) is 24.2. The number of aromatic nitrogens is 4. The van der Waals surface area contributed by atoms with Crippen LogP contribution in [-0.2, 0) is 6.54 Å². The molecule has 1 saturated carbocycles. The third-order valence-corrected chi connectivity index (χ3v) is 3.47. The Kier molecular flexibility index (Phi) is 2.92. The molecule has 2 unspecified atom stereocenters. The Morgan fingerprint density at radius 3 is 3.18 bits per heavy atom. The fourth-order valence-corrected chi connectivity index (χ4v) is 2.62. The summed E-state index contributed by atoms with van der Waals surface area (Å²) in [4.78, 5) is 11.5. The molecule has 1 aliphatic carbocycles. The second-order valence-electron chi connectivity index (χ2n) is 4.53. The van der Waals surface area contributed by atoms with Gasteiger partial charge in [0.25, 0.3) is 0 Å². The van der Waals surface area contributed by atoms with Crippen LogP contribution in [0, 0.1) is 0 Å². The topological polar surface area (TPSA) is 58.5 Å². The Hall–Kier alpha value is -1.62. The van der Waals surface area contributed by atoms with Crippen LogP contribution in [-0.4, -0.2) is 25.6 Å². The number of H-pyrrole nitrogens is 1. The maximum absolute atomic E-state index is 4.23. The number of nitrogens with one attached hydrogen (secondary N) is 2. The molecular formula is C12H17N5. The summed E-state index contributed by atoms with van der Waals surface area (Å²) in [5.74, 6) is 1.00. The summed E-state index contributed by atoms with van der Waals surface area (Å²) in [7, 11) is 0. The molecule has 3 rings (SSSR count). The van der Waals surface area contributed by atoms with Gasteiger partial charge in [-0.3, -0.25) is 0 Å². The summed E-state index contributed by atoms with van der Waals surface area (Å²) in [6.07, 6.45) is 13.2. The lowest BCUT2D eigenvalue weighted by Gasteiger charge is -2.21. The predicted molar refractivity (Wildman–Crippen MR) is 64.3 cm³/mol. The Labute approximate surface area is 100 Å². The van der Waals surface area contributed by atoms with Gasteiger partial charge < -0.3 is 14.9 Å². The van der Waals surface area contributed by atoms with E-state index in [1.54, 1.807) is 6.20 Å². The van der Waals surface area contributed by atoms with Gasteiger partial charge in [-0.1, -0.05) is 0 Å². The fourth-order valence-electron chi connectivity index (χ4n) is 2.62. The quantitative estimate of drug-likeness (QED) is 0.838. The lowest BCUT2D eigenvalue weighted by molar-refractivity contribution is 0.387. The molecule has 0 amide bonds. The first-order valence-corrected chi connectivity index (χ1v) is 6.12. The number of hydrogen-bond donors (Lipinski definition) is 2. The van der Waals surface area contributed by atoms with Crippen molar-refractivity contribution in [2.45, 2.75) is 37.9 Å². The highest BCUT2D eigenvalue weighted by molar-refractivity contribution is 4.94. The van der Waals surface area contributed by atoms with E-state index in [1.165, 1.54) is 19.3 Å². The number of hydrogen-bond acceptors (Lipinski definition) is 3. The highest BCUT2D eigenvalue weighted by Gasteiger charge is 2.27. The Bertz CT molecular complexity index is 433. The van der Waals surface area contributed by atoms with E-state index >= 15 is 0 Å². The lowest BCUT2D eigenvalue weighted by atomic mass is 10.1. The molecule has 17 heavy (non-hydrogen) atoms. The van der Waals surface area contributed by atoms with E-state index in [0.29, 0.717) is 12.1 Å². The van der Waals surface area contributed by atoms with Gasteiger partial charge >= 0.3 is 0 Å². The minimum Gasteiger partial charge on any atom is -0.348 e. The van der Waals surface area contributed by atoms with Crippen LogP contribution in [0.5, 0.6) is 0 Å². The van der Waals surface area contributed by atoms with E-state index in [4.69, 9.17) is 0 Å². The molecule has 1 fully saturated rings. The third kappa shape index (κ3) is 2.24. The molecule has 0 saturated heterocycles. The molecule has 0 radical (unpaired) electrons. The molecule has 2 aromatic rings. The van der Waals surface area contributed by atoms with E-state index in [9.17, 15) is 0 Å². The van der Waals surface area contributed by atoms with E-state index in [2.05, 4.69) is 31.0 Å². The van der Waals surface area contributed by atoms with Crippen molar-refractivity contribution in [3.05, 3.63) is 36.9 Å². The third-order valence-electron chi connectivity index (χ3n) is 3.47. The van der Waals surface area contributed by atoms with Gasteiger partial charge in [-0.2, -0.15) is 0 Å². The summed E-state index contributed by atoms with van der Waals surface area (Å²) in [5.41, 5.74) is 0. The lowest BCUT2D eigenvalue weighted by Crippen LogP contribution is -2.33. The second kappa shape index (κ2) is 4.71. The molecule has 5 heteroatoms. The van der Waals surface area contributed by atoms with Crippen molar-refractivity contribution >= 4 is 0 Å². The average Bonchev–Trinajstić information content (AvgIpc) is 3.09. The van der Waals surface area contributed by atoms with Crippen molar-refractivity contribution in [3.8, 4) is 0 Å². The fraction of sp³-hybridized carbons (Fsp3) is 0.500. The van der Waals surface area contributed by atoms with Crippen molar-refractivity contribution in [1.82, 2.24) is 24.8 Å². The standard InChI is InChI=1S/C12H17N5/c1-2-10(16-8-12-14-4-5-15-12)11(3-1)17-7-6-13-9-17/h4-7,9-11,16H,1-3,8H2,(H,14,15). The molecule has 0 aromatic carbocycles. The van der Waals surface area contributed by atoms with Gasteiger partial charge in [0.15, 0.2) is 0 Å². The van der Waals surface area contributed by atoms with Gasteiger partial charge in [0.2, 0.25) is 0 Å². The summed E-state index contributed by atoms with van der Waals surface area (Å²) < 4.78 is 2.22. The molecule has 2 atom stereocenters. The van der Waals surface area contributed by atoms with Crippen molar-refractivity contribution in [2.24, 2.45) is 0 Å². The minimum atomic E-state index is 0.523. The monoisotopic (exact) mass is 231 g/mol. The first-order valence-electron chi connectivity index (χ1n) is 6.12. The maximum Gasteiger partial charge on any atom is 0.120 e. The largest absolute Gasteiger partial charge is 0.348 e. The molecule has 2 N–H and O–H groups in total. The molecule has 5 nitrogen and oxygen atoms in total. The molecule has 2 aromatic heterocycles. The Balaban J connectivity index is 1.62. The molecule has 90 valence electrons. The van der Waals surface area contributed by atoms with Crippen molar-refractivity contribution in [3.63, 3.8) is 0 Å². The zero-order valence-corrected chi connectivity index (χ0v) is 9.71. The van der Waals surface area contributed by atoms with Gasteiger partial charge in [-0.15, -0.1) is 0 Å². The molecule has 2 heterocycles. The molecule has 0 aliphatic heterocycles. The van der Waals surface area contributed by atoms with Crippen LogP contribution in [0.3, 0.4) is 0 Å². The zero-order chi connectivity index (χ0) is 11.5. The maximum atomic E-state index is 4.23. The van der Waals surface area contributed by atoms with Gasteiger partial charge in [-0.05, 0) is 19.3 Å². The molecular weight excluding hydrogens is 214 g/mol. The summed E-state index contributed by atoms with van der Waals surface area (Å²) in [5, 5.41) is 3.58. The molecule has 1 aliphatic rings. The second-order valence-corrected chi connectivity index (χ2v) is 4.53. The van der Waals surface area contributed by atoms with Gasteiger partial charge in [-0.25, -0.2) is 9.97 Å². The van der Waals surface area contributed by atoms with Gasteiger partial charge in [0.05, 0.1) is 12.9 Å². The van der Waals surface area contributed by atoms with E-state index in [-0.39, 0.29) is 0 Å². The van der Waals surface area contributed by atoms with E-state index < -0.39 is 0 Å². The van der Waals surface area contributed by atoms with Gasteiger partial charge in [0, 0.05) is 36.9 Å². The minimum absolute atomic E-state index is 0.523. The van der Waals surface area contributed by atoms with Gasteiger partial charge in [0.1, 0.15) is 5.82 Å². The van der Waals surface area contributed by atoms with Crippen LogP contribution >= 0.6 is 0 Å². The summed E-state index contributed by atoms with van der Waals surface area (Å²) in [6.45, 7) is 0.808. The van der Waals surface area contributed by atoms with Crippen molar-refractivity contribution in [2.75, 3.05) is 0 Å². The highest BCUT2D eigenvalue weighted by atomic mass is 15.1. The van der Waals surface area contributed by atoms with Crippen LogP contribution in [0.25, 0.3) is 0 Å². The molecule has 0 spiro atoms. The van der Waals surface area contributed by atoms with Crippen LogP contribution in [0.1, 0.15) is 31.1 Å².